The number of carbonyl (C=O) groups excluding carboxylic acids is 1. The van der Waals surface area contributed by atoms with Gasteiger partial charge in [-0.3, -0.25) is 4.79 Å². The fraction of sp³-hybridized carbons (Fsp3) is 0.648. The van der Waals surface area contributed by atoms with Crippen molar-refractivity contribution in [2.45, 2.75) is 159 Å². The second-order valence-corrected chi connectivity index (χ2v) is 23.5. The molecule has 15 rings (SSSR count). The van der Waals surface area contributed by atoms with Gasteiger partial charge in [-0.2, -0.15) is 0 Å². The number of hydrogen-bond donors (Lipinski definition) is 5. The number of hydrogen-bond acceptors (Lipinski definition) is 15. The molecule has 16 heteroatoms. The lowest BCUT2D eigenvalue weighted by Crippen LogP contribution is -2.76. The zero-order chi connectivity index (χ0) is 50.6. The van der Waals surface area contributed by atoms with Crippen LogP contribution in [0.15, 0.2) is 34.8 Å². The van der Waals surface area contributed by atoms with Crippen LogP contribution in [0.3, 0.4) is 0 Å². The Hall–Kier alpha value is -3.71. The van der Waals surface area contributed by atoms with Crippen molar-refractivity contribution >= 4 is 21.7 Å². The number of Topliss-reactive ketones (excluding diaryl/α,β-unsaturated/α-hetero) is 1. The summed E-state index contributed by atoms with van der Waals surface area (Å²) >= 11 is 3.70. The highest BCUT2D eigenvalue weighted by Gasteiger charge is 2.76. The summed E-state index contributed by atoms with van der Waals surface area (Å²) in [4.78, 5) is 19.4. The van der Waals surface area contributed by atoms with Crippen LogP contribution < -0.4 is 28.4 Å². The van der Waals surface area contributed by atoms with Gasteiger partial charge in [0.1, 0.15) is 12.2 Å². The fourth-order valence-corrected chi connectivity index (χ4v) is 17.8. The van der Waals surface area contributed by atoms with Crippen molar-refractivity contribution in [2.75, 3.05) is 62.1 Å². The van der Waals surface area contributed by atoms with Crippen LogP contribution in [0.25, 0.3) is 0 Å². The van der Waals surface area contributed by atoms with Gasteiger partial charge in [0.15, 0.2) is 46.4 Å². The smallest absolute Gasteiger partial charge is 0.174 e. The summed E-state index contributed by atoms with van der Waals surface area (Å²) in [6, 6.07) is 6.11. The maximum absolute atomic E-state index is 12.7. The van der Waals surface area contributed by atoms with Gasteiger partial charge >= 0.3 is 0 Å². The Morgan fingerprint density at radius 1 is 0.629 bits per heavy atom. The van der Waals surface area contributed by atoms with Crippen molar-refractivity contribution < 1.29 is 61.5 Å². The number of ether oxygens (including phenoxy) is 6. The van der Waals surface area contributed by atoms with Gasteiger partial charge in [0, 0.05) is 45.7 Å². The largest absolute Gasteiger partial charge is 0.493 e. The van der Waals surface area contributed by atoms with Gasteiger partial charge in [-0.05, 0) is 146 Å². The van der Waals surface area contributed by atoms with Gasteiger partial charge in [-0.25, -0.2) is 0 Å². The van der Waals surface area contributed by atoms with E-state index in [1.807, 2.05) is 20.2 Å². The number of halogens is 1. The van der Waals surface area contributed by atoms with Crippen LogP contribution in [0.2, 0.25) is 0 Å². The first-order valence-electron chi connectivity index (χ1n) is 26.3. The van der Waals surface area contributed by atoms with Crippen LogP contribution in [-0.4, -0.2) is 174 Å². The highest BCUT2D eigenvalue weighted by atomic mass is 79.9. The number of ketones is 1. The monoisotopic (exact) mass is 1030 g/mol. The van der Waals surface area contributed by atoms with Crippen LogP contribution in [0.4, 0.5) is 0 Å². The molecule has 6 aliphatic carbocycles. The molecule has 0 radical (unpaired) electrons. The quantitative estimate of drug-likeness (QED) is 0.257. The van der Waals surface area contributed by atoms with Crippen molar-refractivity contribution in [3.63, 3.8) is 0 Å². The average Bonchev–Trinajstić information content (AvgIpc) is 4.02. The van der Waals surface area contributed by atoms with Crippen LogP contribution in [0.5, 0.6) is 34.5 Å². The van der Waals surface area contributed by atoms with E-state index in [0.717, 1.165) is 76.9 Å². The number of aliphatic hydroxyl groups excluding tert-OH is 2. The SMILES string of the molecule is COc1cc(Br)c2c3c1O[C@H]1[C@@H](O)CC[C@@]4(O)[C@@H](C2)N(C)CC[C@]314.[3H]c1cc(OC)c2c3c1C[C@H]1N(C)CC[C@@]34[C@@H](O2)C(=O)CC[C@@]14O.[3H]c1cc(OC)c2c3c1C[C@H]1N(C)CC[C@@]34[C@@H](O2)[C@@H](O)CC[C@@]14O. The zero-order valence-electron chi connectivity index (χ0n) is 42.8. The molecule has 3 spiro atoms. The maximum Gasteiger partial charge on any atom is 0.174 e. The van der Waals surface area contributed by atoms with Gasteiger partial charge < -0.3 is 68.7 Å². The van der Waals surface area contributed by atoms with Crippen LogP contribution in [0.1, 0.15) is 93.9 Å². The minimum absolute atomic E-state index is 0.0409. The lowest BCUT2D eigenvalue weighted by Gasteiger charge is -2.63. The van der Waals surface area contributed by atoms with Crippen molar-refractivity contribution in [1.29, 1.82) is 0 Å². The molecule has 0 aromatic heterocycles. The van der Waals surface area contributed by atoms with E-state index in [-0.39, 0.29) is 23.9 Å². The third-order valence-corrected chi connectivity index (χ3v) is 21.1. The van der Waals surface area contributed by atoms with Crippen molar-refractivity contribution in [3.05, 3.63) is 68.1 Å². The molecule has 5 N–H and O–H groups in total. The first-order chi connectivity index (χ1) is 34.3. The van der Waals surface area contributed by atoms with E-state index >= 15 is 0 Å². The Balaban J connectivity index is 0.000000105. The second-order valence-electron chi connectivity index (χ2n) is 22.6. The highest BCUT2D eigenvalue weighted by molar-refractivity contribution is 9.10. The summed E-state index contributed by atoms with van der Waals surface area (Å²) in [6.45, 7) is 2.56. The molecule has 12 aliphatic rings. The first kappa shape index (κ1) is 43.8. The lowest BCUT2D eigenvalue weighted by atomic mass is 9.49. The number of aliphatic hydroxyl groups is 5. The minimum atomic E-state index is -0.990. The normalized spacial score (nSPS) is 42.7. The fourth-order valence-electron chi connectivity index (χ4n) is 17.3. The molecule has 3 saturated carbocycles. The molecule has 6 heterocycles. The Kier molecular flexibility index (Phi) is 9.51. The van der Waals surface area contributed by atoms with Gasteiger partial charge in [-0.1, -0.05) is 28.0 Å². The van der Waals surface area contributed by atoms with E-state index in [4.69, 9.17) is 31.2 Å². The number of likely N-dealkylation sites (tertiary alicyclic amines) is 3. The molecule has 70 heavy (non-hydrogen) atoms. The Labute approximate surface area is 419 Å². The summed E-state index contributed by atoms with van der Waals surface area (Å²) in [5.74, 6) is 3.70. The van der Waals surface area contributed by atoms with Crippen LogP contribution in [-0.2, 0) is 40.3 Å². The van der Waals surface area contributed by atoms with E-state index in [1.54, 1.807) is 33.5 Å². The van der Waals surface area contributed by atoms with Gasteiger partial charge in [0.05, 0.1) is 69.3 Å². The molecule has 3 aromatic carbocycles. The Morgan fingerprint density at radius 3 is 1.60 bits per heavy atom. The Bertz CT molecular complexity index is 2740. The van der Waals surface area contributed by atoms with E-state index < -0.39 is 63.6 Å². The number of carbonyl (C=O) groups is 1. The molecule has 6 fully saturated rings. The third kappa shape index (κ3) is 5.26. The molecular formula is C54H66BrN3O12. The summed E-state index contributed by atoms with van der Waals surface area (Å²) in [5.41, 5.74) is 1.24. The van der Waals surface area contributed by atoms with Crippen LogP contribution in [0, 0.1) is 0 Å². The standard InChI is InChI=1S/C18H22BrNO4.C18H23NO4.C18H21NO4/c1-20-6-5-17-14-9-7-13(20)18(17,22)4-3-11(21)16(17)24-15(14)12(23-2)8-10(9)19;2*1-19-8-7-17-14-10-3-4-12(22-2)15(14)23-16(17)11(20)5-6-18(17,21)13(19)9-10/h8,11,13,16,21-22H,3-7H2,1-2H3;3-4,11,13,16,20-21H,5-9H2,1-2H3;3-4,13,16,21H,5-9H2,1-2H3/t2*11-,13+,16-,17-,18+;13-,16+,17+,18-/m001/s1/i;2*3T. The average molecular weight is 1030 g/mol. The summed E-state index contributed by atoms with van der Waals surface area (Å²) in [6.07, 6.45) is 4.63. The van der Waals surface area contributed by atoms with Crippen molar-refractivity contribution in [3.8, 4) is 34.5 Å². The molecule has 0 amide bonds. The molecular weight excluding hydrogens is 963 g/mol. The van der Waals surface area contributed by atoms with Crippen LogP contribution >= 0.6 is 15.9 Å². The molecule has 14 atom stereocenters. The molecule has 376 valence electrons. The predicted octanol–water partition coefficient (Wildman–Crippen LogP) is 3.49. The molecule has 3 aromatic rings. The first-order valence-corrected chi connectivity index (χ1v) is 26.1. The summed E-state index contributed by atoms with van der Waals surface area (Å²) in [5, 5.41) is 56.8. The highest BCUT2D eigenvalue weighted by Crippen LogP contribution is 2.69. The van der Waals surface area contributed by atoms with Crippen molar-refractivity contribution in [2.24, 2.45) is 0 Å². The zero-order valence-corrected chi connectivity index (χ0v) is 42.4. The molecule has 0 unspecified atom stereocenters. The lowest BCUT2D eigenvalue weighted by molar-refractivity contribution is -0.204. The molecule has 15 nitrogen and oxygen atoms in total. The topological polar surface area (TPSA) is 183 Å². The third-order valence-electron chi connectivity index (χ3n) is 20.4. The number of nitrogens with zero attached hydrogens (tertiary/aromatic N) is 3. The van der Waals surface area contributed by atoms with E-state index in [9.17, 15) is 30.3 Å². The molecule has 6 bridgehead atoms. The summed E-state index contributed by atoms with van der Waals surface area (Å²) < 4.78 is 53.0. The number of benzene rings is 3. The molecule has 6 aliphatic heterocycles. The maximum atomic E-state index is 12.7. The van der Waals surface area contributed by atoms with E-state index in [2.05, 4.69) is 37.7 Å². The predicted molar refractivity (Wildman–Crippen MR) is 259 cm³/mol. The number of piperidine rings is 3. The Morgan fingerprint density at radius 2 is 1.07 bits per heavy atom. The minimum Gasteiger partial charge on any atom is -0.493 e. The number of methoxy groups -OCH3 is 3. The van der Waals surface area contributed by atoms with Crippen molar-refractivity contribution in [1.82, 2.24) is 14.7 Å². The van der Waals surface area contributed by atoms with E-state index in [1.165, 1.54) is 5.56 Å². The number of rotatable bonds is 3. The van der Waals surface area contributed by atoms with Gasteiger partial charge in [0.2, 0.25) is 0 Å². The summed E-state index contributed by atoms with van der Waals surface area (Å²) in [7, 11) is 10.9. The van der Waals surface area contributed by atoms with Gasteiger partial charge in [0.25, 0.3) is 0 Å². The van der Waals surface area contributed by atoms with E-state index in [0.29, 0.717) is 98.6 Å². The van der Waals surface area contributed by atoms with Gasteiger partial charge in [-0.15, -0.1) is 0 Å². The second kappa shape index (κ2) is 15.2. The molecule has 3 saturated heterocycles. The number of likely N-dealkylation sites (N-methyl/N-ethyl adjacent to an activating group) is 3.